The van der Waals surface area contributed by atoms with E-state index in [1.54, 1.807) is 12.1 Å². The van der Waals surface area contributed by atoms with E-state index in [-0.39, 0.29) is 24.1 Å². The molecule has 0 fully saturated rings. The van der Waals surface area contributed by atoms with Gasteiger partial charge in [-0.2, -0.15) is 5.23 Å². The van der Waals surface area contributed by atoms with Crippen LogP contribution in [0.5, 0.6) is 0 Å². The van der Waals surface area contributed by atoms with Crippen molar-refractivity contribution >= 4 is 27.5 Å². The van der Waals surface area contributed by atoms with E-state index in [1.807, 2.05) is 72.8 Å². The average molecular weight is 468 g/mol. The lowest BCUT2D eigenvalue weighted by Crippen LogP contribution is -2.99. The van der Waals surface area contributed by atoms with Crippen molar-refractivity contribution in [2.24, 2.45) is 0 Å². The largest absolute Gasteiger partial charge is 0.595 e. The molecule has 0 aliphatic rings. The molecule has 7 nitrogen and oxygen atoms in total. The maximum atomic E-state index is 12.0. The van der Waals surface area contributed by atoms with Crippen LogP contribution in [-0.2, 0) is 12.8 Å². The molecule has 2 aromatic heterocycles. The lowest BCUT2D eigenvalue weighted by molar-refractivity contribution is -0.991. The number of quaternary nitrogens is 1. The van der Waals surface area contributed by atoms with Gasteiger partial charge in [0.05, 0.1) is 23.2 Å². The second-order valence-electron chi connectivity index (χ2n) is 8.58. The van der Waals surface area contributed by atoms with E-state index in [9.17, 15) is 20.6 Å². The standard InChI is InChI=1S/C28H25N3O4/c32-27(16-21-12-9-18-5-1-3-7-24(18)29-21)20-11-14-23(26(15-20)31(34)35)28(33)17-22-13-10-19-6-2-4-8-25(19)30-22/h1-15,27-28,31-34H,16-17H2/t27-,28+/m1/s1. The molecule has 2 heterocycles. The molecule has 0 spiro atoms. The Balaban J connectivity index is 1.37. The third-order valence-corrected chi connectivity index (χ3v) is 6.17. The summed E-state index contributed by atoms with van der Waals surface area (Å²) >= 11 is 0. The van der Waals surface area contributed by atoms with Crippen LogP contribution in [0.15, 0.2) is 91.0 Å². The molecule has 7 heteroatoms. The number of benzene rings is 3. The molecule has 0 aliphatic carbocycles. The Morgan fingerprint density at radius 3 is 1.80 bits per heavy atom. The highest BCUT2D eigenvalue weighted by Gasteiger charge is 2.21. The predicted octanol–water partition coefficient (Wildman–Crippen LogP) is 3.74. The summed E-state index contributed by atoms with van der Waals surface area (Å²) in [4.78, 5) is 9.16. The maximum Gasteiger partial charge on any atom is 0.170 e. The van der Waals surface area contributed by atoms with Gasteiger partial charge < -0.3 is 15.4 Å². The topological polar surface area (TPSA) is 114 Å². The van der Waals surface area contributed by atoms with Gasteiger partial charge in [-0.1, -0.05) is 54.6 Å². The summed E-state index contributed by atoms with van der Waals surface area (Å²) in [5.74, 6) is 0. The van der Waals surface area contributed by atoms with Gasteiger partial charge in [-0.25, -0.2) is 5.21 Å². The van der Waals surface area contributed by atoms with Gasteiger partial charge in [0, 0.05) is 46.6 Å². The van der Waals surface area contributed by atoms with Gasteiger partial charge in [0.1, 0.15) is 0 Å². The monoisotopic (exact) mass is 467 g/mol. The molecular formula is C28H25N3O4. The lowest BCUT2D eigenvalue weighted by atomic mass is 9.97. The van der Waals surface area contributed by atoms with Crippen LogP contribution in [0, 0.1) is 5.21 Å². The fourth-order valence-corrected chi connectivity index (χ4v) is 4.32. The van der Waals surface area contributed by atoms with E-state index in [1.165, 1.54) is 6.07 Å². The quantitative estimate of drug-likeness (QED) is 0.271. The molecule has 5 aromatic rings. The number of rotatable bonds is 7. The van der Waals surface area contributed by atoms with E-state index in [4.69, 9.17) is 0 Å². The number of hydrogen-bond donors (Lipinski definition) is 4. The van der Waals surface area contributed by atoms with Gasteiger partial charge in [0.25, 0.3) is 0 Å². The summed E-state index contributed by atoms with van der Waals surface area (Å²) in [5.41, 5.74) is 3.73. The zero-order valence-corrected chi connectivity index (χ0v) is 18.9. The second-order valence-corrected chi connectivity index (χ2v) is 8.58. The van der Waals surface area contributed by atoms with Gasteiger partial charge >= 0.3 is 0 Å². The Bertz CT molecular complexity index is 1490. The Morgan fingerprint density at radius 2 is 1.23 bits per heavy atom. The normalized spacial score (nSPS) is 14.2. The van der Waals surface area contributed by atoms with Gasteiger partial charge in [0.2, 0.25) is 0 Å². The first-order valence-electron chi connectivity index (χ1n) is 11.4. The average Bonchev–Trinajstić information content (AvgIpc) is 2.88. The first kappa shape index (κ1) is 23.0. The van der Waals surface area contributed by atoms with Crippen molar-refractivity contribution in [1.82, 2.24) is 9.97 Å². The first-order chi connectivity index (χ1) is 17.0. The van der Waals surface area contributed by atoms with Crippen molar-refractivity contribution in [2.75, 3.05) is 0 Å². The third-order valence-electron chi connectivity index (χ3n) is 6.17. The number of aliphatic hydroxyl groups excluding tert-OH is 2. The van der Waals surface area contributed by atoms with Crippen LogP contribution in [0.25, 0.3) is 21.8 Å². The number of aromatic nitrogens is 2. The molecule has 3 aromatic carbocycles. The van der Waals surface area contributed by atoms with E-state index >= 15 is 0 Å². The third kappa shape index (κ3) is 5.05. The van der Waals surface area contributed by atoms with Crippen LogP contribution in [-0.4, -0.2) is 25.4 Å². The van der Waals surface area contributed by atoms with E-state index in [0.717, 1.165) is 21.8 Å². The summed E-state index contributed by atoms with van der Waals surface area (Å²) in [7, 11) is 0. The number of nitrogens with one attached hydrogen (secondary N) is 1. The number of fused-ring (bicyclic) bond motifs is 2. The molecule has 4 N–H and O–H groups in total. The van der Waals surface area contributed by atoms with Crippen molar-refractivity contribution < 1.29 is 20.6 Å². The molecule has 35 heavy (non-hydrogen) atoms. The maximum absolute atomic E-state index is 12.0. The summed E-state index contributed by atoms with van der Waals surface area (Å²) in [6, 6.07) is 27.7. The first-order valence-corrected chi connectivity index (χ1v) is 11.4. The SMILES string of the molecule is [O-][NH+](O)c1cc([C@H](O)Cc2ccc3ccccc3n2)ccc1[C@@H](O)Cc1ccc2ccccc2n1. The summed E-state index contributed by atoms with van der Waals surface area (Å²) in [6.45, 7) is 0. The Kier molecular flexibility index (Phi) is 6.50. The highest BCUT2D eigenvalue weighted by atomic mass is 16.8. The van der Waals surface area contributed by atoms with E-state index < -0.39 is 17.4 Å². The molecule has 0 aliphatic heterocycles. The molecule has 0 amide bonds. The predicted molar refractivity (Wildman–Crippen MR) is 133 cm³/mol. The molecule has 5 rings (SSSR count). The smallest absolute Gasteiger partial charge is 0.170 e. The van der Waals surface area contributed by atoms with Gasteiger partial charge in [-0.3, -0.25) is 9.97 Å². The lowest BCUT2D eigenvalue weighted by Gasteiger charge is -2.21. The Labute approximate surface area is 202 Å². The highest BCUT2D eigenvalue weighted by Crippen LogP contribution is 2.28. The molecular weight excluding hydrogens is 442 g/mol. The fraction of sp³-hybridized carbons (Fsp3) is 0.143. The van der Waals surface area contributed by atoms with Crippen LogP contribution >= 0.6 is 0 Å². The molecule has 0 radical (unpaired) electrons. The number of pyridine rings is 2. The van der Waals surface area contributed by atoms with Crippen LogP contribution in [0.1, 0.15) is 34.7 Å². The van der Waals surface area contributed by atoms with E-state index in [0.29, 0.717) is 17.0 Å². The van der Waals surface area contributed by atoms with E-state index in [2.05, 4.69) is 9.97 Å². The Morgan fingerprint density at radius 1 is 0.686 bits per heavy atom. The van der Waals surface area contributed by atoms with Crippen LogP contribution in [0.2, 0.25) is 0 Å². The van der Waals surface area contributed by atoms with Gasteiger partial charge in [-0.05, 0) is 35.9 Å². The molecule has 0 saturated heterocycles. The van der Waals surface area contributed by atoms with Crippen molar-refractivity contribution in [2.45, 2.75) is 25.0 Å². The summed E-state index contributed by atoms with van der Waals surface area (Å²) in [5, 5.41) is 44.4. The molecule has 176 valence electrons. The molecule has 0 bridgehead atoms. The number of para-hydroxylation sites is 2. The minimum absolute atomic E-state index is 0.0405. The molecule has 0 saturated carbocycles. The van der Waals surface area contributed by atoms with Crippen molar-refractivity contribution in [3.05, 3.63) is 119 Å². The number of nitrogens with zero attached hydrogens (tertiary/aromatic N) is 2. The number of aliphatic hydroxyl groups is 2. The van der Waals surface area contributed by atoms with Crippen LogP contribution < -0.4 is 5.23 Å². The minimum atomic E-state index is -1.16. The zero-order chi connectivity index (χ0) is 24.4. The minimum Gasteiger partial charge on any atom is -0.595 e. The zero-order valence-electron chi connectivity index (χ0n) is 18.9. The van der Waals surface area contributed by atoms with Gasteiger partial charge in [0.15, 0.2) is 5.69 Å². The van der Waals surface area contributed by atoms with Gasteiger partial charge in [-0.15, -0.1) is 0 Å². The Hall–Kier alpha value is -3.72. The second kappa shape index (κ2) is 9.87. The van der Waals surface area contributed by atoms with Crippen molar-refractivity contribution in [3.8, 4) is 0 Å². The molecule has 1 unspecified atom stereocenters. The van der Waals surface area contributed by atoms with Crippen LogP contribution in [0.3, 0.4) is 0 Å². The molecule has 3 atom stereocenters. The highest BCUT2D eigenvalue weighted by molar-refractivity contribution is 5.79. The number of hydrogen-bond acceptors (Lipinski definition) is 6. The van der Waals surface area contributed by atoms with Crippen molar-refractivity contribution in [1.29, 1.82) is 0 Å². The fourth-order valence-electron chi connectivity index (χ4n) is 4.32. The summed E-state index contributed by atoms with van der Waals surface area (Å²) < 4.78 is 0. The summed E-state index contributed by atoms with van der Waals surface area (Å²) in [6.07, 6.45) is -1.57. The van der Waals surface area contributed by atoms with Crippen molar-refractivity contribution in [3.63, 3.8) is 0 Å². The van der Waals surface area contributed by atoms with Crippen LogP contribution in [0.4, 0.5) is 5.69 Å².